The molecule has 0 saturated heterocycles. The minimum Gasteiger partial charge on any atom is -0.479 e. The van der Waals surface area contributed by atoms with Gasteiger partial charge in [0, 0.05) is 16.1 Å². The first-order chi connectivity index (χ1) is 17.9. The van der Waals surface area contributed by atoms with Crippen LogP contribution in [0.5, 0.6) is 0 Å². The number of aryl methyl sites for hydroxylation is 1. The first kappa shape index (κ1) is 27.4. The summed E-state index contributed by atoms with van der Waals surface area (Å²) >= 11 is 6.19. The summed E-state index contributed by atoms with van der Waals surface area (Å²) in [6, 6.07) is 24.4. The van der Waals surface area contributed by atoms with Gasteiger partial charge in [-0.05, 0) is 91.9 Å². The van der Waals surface area contributed by atoms with E-state index in [1.165, 1.54) is 0 Å². The zero-order chi connectivity index (χ0) is 27.7. The predicted octanol–water partition coefficient (Wildman–Crippen LogP) is 7.67. The van der Waals surface area contributed by atoms with Crippen LogP contribution in [0.15, 0.2) is 78.9 Å². The molecule has 0 spiro atoms. The van der Waals surface area contributed by atoms with Crippen LogP contribution in [-0.2, 0) is 15.1 Å². The Bertz CT molecular complexity index is 1540. The van der Waals surface area contributed by atoms with Crippen LogP contribution in [-0.4, -0.2) is 21.8 Å². The van der Waals surface area contributed by atoms with Crippen molar-refractivity contribution in [3.63, 3.8) is 0 Å². The third-order valence-electron chi connectivity index (χ3n) is 6.27. The Kier molecular flexibility index (Phi) is 7.67. The summed E-state index contributed by atoms with van der Waals surface area (Å²) in [5, 5.41) is 23.6. The summed E-state index contributed by atoms with van der Waals surface area (Å²) in [5.41, 5.74) is 2.36. The van der Waals surface area contributed by atoms with Crippen molar-refractivity contribution in [2.75, 3.05) is 0 Å². The van der Waals surface area contributed by atoms with E-state index >= 15 is 0 Å². The first-order valence-corrected chi connectivity index (χ1v) is 12.8. The Morgan fingerprint density at radius 2 is 1.61 bits per heavy atom. The number of ether oxygens (including phenoxy) is 1. The number of fused-ring (bicyclic) bond motifs is 1. The van der Waals surface area contributed by atoms with Crippen LogP contribution in [0.4, 0.5) is 0 Å². The van der Waals surface area contributed by atoms with Gasteiger partial charge in [0.15, 0.2) is 6.10 Å². The van der Waals surface area contributed by atoms with E-state index in [1.807, 2.05) is 94.4 Å². The molecule has 0 unspecified atom stereocenters. The molecule has 0 amide bonds. The number of benzene rings is 4. The SMILES string of the molecule is Cc1cc2ccc(C#C[C@](C)(O)c3ccccc3)cc2c(-c2ccc(Cl)cc2)c1[C@H](OC(C)(C)C)C(=O)O. The Labute approximate surface area is 228 Å². The summed E-state index contributed by atoms with van der Waals surface area (Å²) < 4.78 is 6.09. The number of carboxylic acids is 1. The molecule has 4 nitrogen and oxygen atoms in total. The minimum atomic E-state index is -1.33. The van der Waals surface area contributed by atoms with E-state index in [4.69, 9.17) is 16.3 Å². The molecule has 5 heteroatoms. The zero-order valence-electron chi connectivity index (χ0n) is 22.2. The van der Waals surface area contributed by atoms with E-state index in [9.17, 15) is 15.0 Å². The Balaban J connectivity index is 1.96. The number of aliphatic carboxylic acids is 1. The Hall–Kier alpha value is -3.62. The molecule has 0 heterocycles. The van der Waals surface area contributed by atoms with E-state index in [0.717, 1.165) is 27.5 Å². The molecule has 4 aromatic rings. The van der Waals surface area contributed by atoms with Gasteiger partial charge in [-0.3, -0.25) is 0 Å². The third-order valence-corrected chi connectivity index (χ3v) is 6.52. The second-order valence-electron chi connectivity index (χ2n) is 10.6. The van der Waals surface area contributed by atoms with Crippen LogP contribution in [0, 0.1) is 18.8 Å². The summed E-state index contributed by atoms with van der Waals surface area (Å²) in [7, 11) is 0. The van der Waals surface area contributed by atoms with Crippen molar-refractivity contribution in [2.45, 2.75) is 51.9 Å². The molecule has 2 atom stereocenters. The summed E-state index contributed by atoms with van der Waals surface area (Å²) in [6.45, 7) is 9.09. The van der Waals surface area contributed by atoms with Gasteiger partial charge in [0.2, 0.25) is 0 Å². The minimum absolute atomic E-state index is 0.586. The van der Waals surface area contributed by atoms with Crippen LogP contribution >= 0.6 is 11.6 Å². The van der Waals surface area contributed by atoms with Crippen molar-refractivity contribution >= 4 is 28.3 Å². The number of carbonyl (C=O) groups is 1. The second-order valence-corrected chi connectivity index (χ2v) is 11.0. The van der Waals surface area contributed by atoms with E-state index < -0.39 is 23.3 Å². The standard InChI is InChI=1S/C33H31ClO4/c1-21-19-24-12-11-22(17-18-33(5,37)25-9-7-6-8-10-25)20-27(24)29(23-13-15-26(34)16-14-23)28(21)30(31(35)36)38-32(2,3)4/h6-16,19-20,30,37H,1-5H3,(H,35,36)/t30-,33-/m0/s1. The average Bonchev–Trinajstić information content (AvgIpc) is 2.86. The molecule has 0 aliphatic rings. The van der Waals surface area contributed by atoms with Gasteiger partial charge in [0.1, 0.15) is 5.60 Å². The zero-order valence-corrected chi connectivity index (χ0v) is 22.9. The molecule has 4 aromatic carbocycles. The van der Waals surface area contributed by atoms with Crippen molar-refractivity contribution in [2.24, 2.45) is 0 Å². The largest absolute Gasteiger partial charge is 0.479 e. The molecule has 0 fully saturated rings. The topological polar surface area (TPSA) is 66.8 Å². The first-order valence-electron chi connectivity index (χ1n) is 12.4. The van der Waals surface area contributed by atoms with Gasteiger partial charge < -0.3 is 14.9 Å². The quantitative estimate of drug-likeness (QED) is 0.262. The van der Waals surface area contributed by atoms with Crippen LogP contribution in [0.25, 0.3) is 21.9 Å². The molecule has 0 radical (unpaired) electrons. The number of hydrogen-bond donors (Lipinski definition) is 2. The second kappa shape index (κ2) is 10.6. The van der Waals surface area contributed by atoms with Crippen molar-refractivity contribution < 1.29 is 19.7 Å². The fourth-order valence-corrected chi connectivity index (χ4v) is 4.64. The van der Waals surface area contributed by atoms with Gasteiger partial charge in [-0.25, -0.2) is 4.79 Å². The molecule has 0 aliphatic heterocycles. The highest BCUT2D eigenvalue weighted by Crippen LogP contribution is 2.41. The summed E-state index contributed by atoms with van der Waals surface area (Å²) in [5.74, 6) is 5.05. The van der Waals surface area contributed by atoms with Crippen LogP contribution in [0.1, 0.15) is 56.1 Å². The smallest absolute Gasteiger partial charge is 0.337 e. The normalized spacial score (nSPS) is 13.9. The lowest BCUT2D eigenvalue weighted by atomic mass is 9.86. The highest BCUT2D eigenvalue weighted by Gasteiger charge is 2.31. The molecule has 0 saturated carbocycles. The van der Waals surface area contributed by atoms with Crippen molar-refractivity contribution in [3.8, 4) is 23.0 Å². The number of hydrogen-bond acceptors (Lipinski definition) is 3. The molecule has 38 heavy (non-hydrogen) atoms. The van der Waals surface area contributed by atoms with E-state index in [0.29, 0.717) is 21.7 Å². The van der Waals surface area contributed by atoms with Crippen LogP contribution in [0.3, 0.4) is 0 Å². The van der Waals surface area contributed by atoms with Crippen LogP contribution < -0.4 is 0 Å². The maximum absolute atomic E-state index is 12.5. The summed E-state index contributed by atoms with van der Waals surface area (Å²) in [6.07, 6.45) is -1.18. The van der Waals surface area contributed by atoms with Gasteiger partial charge in [0.25, 0.3) is 0 Å². The fraction of sp³-hybridized carbons (Fsp3) is 0.242. The lowest BCUT2D eigenvalue weighted by Gasteiger charge is -2.28. The average molecular weight is 527 g/mol. The Morgan fingerprint density at radius 1 is 0.947 bits per heavy atom. The maximum atomic E-state index is 12.5. The van der Waals surface area contributed by atoms with E-state index in [2.05, 4.69) is 11.8 Å². The monoisotopic (exact) mass is 526 g/mol. The number of rotatable bonds is 5. The van der Waals surface area contributed by atoms with Crippen molar-refractivity contribution in [1.82, 2.24) is 0 Å². The number of aliphatic hydroxyl groups is 1. The lowest BCUT2D eigenvalue weighted by molar-refractivity contribution is -0.160. The van der Waals surface area contributed by atoms with Crippen LogP contribution in [0.2, 0.25) is 5.02 Å². The predicted molar refractivity (Wildman–Crippen MR) is 153 cm³/mol. The van der Waals surface area contributed by atoms with Crippen molar-refractivity contribution in [1.29, 1.82) is 0 Å². The van der Waals surface area contributed by atoms with E-state index in [-0.39, 0.29) is 0 Å². The Morgan fingerprint density at radius 3 is 2.21 bits per heavy atom. The molecule has 4 rings (SSSR count). The molecular formula is C33H31ClO4. The van der Waals surface area contributed by atoms with E-state index in [1.54, 1.807) is 19.1 Å². The summed E-state index contributed by atoms with van der Waals surface area (Å²) in [4.78, 5) is 12.5. The van der Waals surface area contributed by atoms with Gasteiger partial charge in [-0.2, -0.15) is 0 Å². The molecule has 2 N–H and O–H groups in total. The maximum Gasteiger partial charge on any atom is 0.337 e. The van der Waals surface area contributed by atoms with Gasteiger partial charge in [-0.15, -0.1) is 0 Å². The molecule has 0 aromatic heterocycles. The highest BCUT2D eigenvalue weighted by atomic mass is 35.5. The number of halogens is 1. The molecule has 0 aliphatic carbocycles. The molecule has 194 valence electrons. The third kappa shape index (κ3) is 6.09. The fourth-order valence-electron chi connectivity index (χ4n) is 4.51. The van der Waals surface area contributed by atoms with Gasteiger partial charge >= 0.3 is 5.97 Å². The van der Waals surface area contributed by atoms with Crippen molar-refractivity contribution in [3.05, 3.63) is 106 Å². The highest BCUT2D eigenvalue weighted by molar-refractivity contribution is 6.30. The molecular weight excluding hydrogens is 496 g/mol. The van der Waals surface area contributed by atoms with Gasteiger partial charge in [0.05, 0.1) is 5.60 Å². The number of carboxylic acid groups (broad SMARTS) is 1. The van der Waals surface area contributed by atoms with Gasteiger partial charge in [-0.1, -0.05) is 78.0 Å². The molecule has 0 bridgehead atoms. The lowest BCUT2D eigenvalue weighted by Crippen LogP contribution is -2.28.